The molecule has 0 bridgehead atoms. The maximum absolute atomic E-state index is 6.07. The fourth-order valence-corrected chi connectivity index (χ4v) is 3.17. The Morgan fingerprint density at radius 3 is 2.69 bits per heavy atom. The van der Waals surface area contributed by atoms with Crippen molar-refractivity contribution in [3.05, 3.63) is 23.3 Å². The number of thiazole rings is 1. The van der Waals surface area contributed by atoms with Gasteiger partial charge in [0.25, 0.3) is 0 Å². The van der Waals surface area contributed by atoms with Gasteiger partial charge in [0.05, 0.1) is 4.70 Å². The number of fused-ring (bicyclic) bond motifs is 1. The van der Waals surface area contributed by atoms with E-state index in [4.69, 9.17) is 5.73 Å². The number of anilines is 1. The van der Waals surface area contributed by atoms with Gasteiger partial charge in [-0.1, -0.05) is 0 Å². The van der Waals surface area contributed by atoms with E-state index in [0.29, 0.717) is 0 Å². The molecule has 1 aromatic carbocycles. The van der Waals surface area contributed by atoms with E-state index in [2.05, 4.69) is 36.8 Å². The Morgan fingerprint density at radius 2 is 2.00 bits per heavy atom. The van der Waals surface area contributed by atoms with E-state index < -0.39 is 0 Å². The predicted octanol–water partition coefficient (Wildman–Crippen LogP) is 2.75. The molecule has 2 N–H and O–H groups in total. The van der Waals surface area contributed by atoms with Crippen molar-refractivity contribution in [1.29, 1.82) is 0 Å². The van der Waals surface area contributed by atoms with Crippen LogP contribution in [0, 0.1) is 13.8 Å². The predicted molar refractivity (Wildman–Crippen MR) is 74.3 cm³/mol. The zero-order valence-corrected chi connectivity index (χ0v) is 11.5. The van der Waals surface area contributed by atoms with E-state index in [0.717, 1.165) is 17.4 Å². The smallest absolute Gasteiger partial charge is 0.278 e. The summed E-state index contributed by atoms with van der Waals surface area (Å²) in [6.07, 6.45) is 2.13. The van der Waals surface area contributed by atoms with Crippen LogP contribution >= 0.6 is 23.1 Å². The summed E-state index contributed by atoms with van der Waals surface area (Å²) in [4.78, 5) is 0. The zero-order valence-electron chi connectivity index (χ0n) is 9.91. The normalized spacial score (nSPS) is 11.2. The zero-order chi connectivity index (χ0) is 11.7. The number of hydrogen-bond donors (Lipinski definition) is 1. The number of rotatable bonds is 3. The standard InChI is InChI=1S/C12H16N2S2/c1-8-6-10-11(7-9(8)2)16-12(13)14(10)4-5-15-3/h6-7,13H,4-5H2,1-3H3/p+1. The van der Waals surface area contributed by atoms with E-state index in [-0.39, 0.29) is 0 Å². The average molecular weight is 253 g/mol. The topological polar surface area (TPSA) is 29.9 Å². The number of hydrogen-bond acceptors (Lipinski definition) is 3. The molecule has 2 rings (SSSR count). The average Bonchev–Trinajstić information content (AvgIpc) is 2.52. The van der Waals surface area contributed by atoms with Gasteiger partial charge in [-0.3, -0.25) is 5.73 Å². The number of benzene rings is 1. The van der Waals surface area contributed by atoms with Crippen LogP contribution in [0.4, 0.5) is 5.13 Å². The molecule has 0 aliphatic heterocycles. The Hall–Kier alpha value is -0.740. The van der Waals surface area contributed by atoms with Crippen LogP contribution in [-0.4, -0.2) is 12.0 Å². The molecule has 0 aliphatic rings. The third-order valence-corrected chi connectivity index (χ3v) is 4.43. The van der Waals surface area contributed by atoms with Crippen molar-refractivity contribution < 1.29 is 4.57 Å². The lowest BCUT2D eigenvalue weighted by Gasteiger charge is -2.01. The van der Waals surface area contributed by atoms with Crippen LogP contribution in [0.2, 0.25) is 0 Å². The monoisotopic (exact) mass is 253 g/mol. The van der Waals surface area contributed by atoms with E-state index in [1.165, 1.54) is 21.3 Å². The van der Waals surface area contributed by atoms with Crippen molar-refractivity contribution in [1.82, 2.24) is 0 Å². The fourth-order valence-electron chi connectivity index (χ4n) is 1.77. The molecule has 0 saturated heterocycles. The molecular formula is C12H17N2S2+. The van der Waals surface area contributed by atoms with E-state index >= 15 is 0 Å². The number of nitrogens with zero attached hydrogens (tertiary/aromatic N) is 1. The van der Waals surface area contributed by atoms with Crippen LogP contribution in [0.25, 0.3) is 10.2 Å². The molecule has 0 saturated carbocycles. The maximum Gasteiger partial charge on any atom is 0.332 e. The molecule has 0 aliphatic carbocycles. The van der Waals surface area contributed by atoms with Crippen molar-refractivity contribution in [2.75, 3.05) is 17.7 Å². The Morgan fingerprint density at radius 1 is 1.31 bits per heavy atom. The van der Waals surface area contributed by atoms with Gasteiger partial charge >= 0.3 is 5.13 Å². The molecule has 0 spiro atoms. The fraction of sp³-hybridized carbons (Fsp3) is 0.417. The summed E-state index contributed by atoms with van der Waals surface area (Å²) in [6.45, 7) is 5.30. The molecule has 1 heterocycles. The van der Waals surface area contributed by atoms with Gasteiger partial charge < -0.3 is 0 Å². The summed E-state index contributed by atoms with van der Waals surface area (Å²) in [6, 6.07) is 4.49. The van der Waals surface area contributed by atoms with Gasteiger partial charge in [0.1, 0.15) is 12.1 Å². The molecule has 1 aromatic heterocycles. The van der Waals surface area contributed by atoms with Crippen molar-refractivity contribution >= 4 is 38.4 Å². The van der Waals surface area contributed by atoms with Gasteiger partial charge in [-0.2, -0.15) is 11.8 Å². The van der Waals surface area contributed by atoms with Crippen LogP contribution in [0.3, 0.4) is 0 Å². The SMILES string of the molecule is CSCC[n+]1c(N)sc2cc(C)c(C)cc21. The summed E-state index contributed by atoms with van der Waals surface area (Å²) in [5, 5.41) is 0.911. The molecule has 4 heteroatoms. The highest BCUT2D eigenvalue weighted by Crippen LogP contribution is 2.25. The van der Waals surface area contributed by atoms with Gasteiger partial charge in [-0.05, 0) is 54.7 Å². The molecule has 2 nitrogen and oxygen atoms in total. The van der Waals surface area contributed by atoms with Crippen LogP contribution in [0.15, 0.2) is 12.1 Å². The van der Waals surface area contributed by atoms with Gasteiger partial charge in [-0.25, -0.2) is 4.57 Å². The van der Waals surface area contributed by atoms with Crippen LogP contribution in [0.5, 0.6) is 0 Å². The molecule has 2 aromatic rings. The Labute approximate surface area is 104 Å². The Bertz CT molecular complexity index is 517. The molecule has 0 radical (unpaired) electrons. The first-order valence-electron chi connectivity index (χ1n) is 5.31. The lowest BCUT2D eigenvalue weighted by molar-refractivity contribution is -0.648. The van der Waals surface area contributed by atoms with Gasteiger partial charge in [0, 0.05) is 5.75 Å². The molecule has 0 fully saturated rings. The minimum atomic E-state index is 0.911. The molecule has 0 atom stereocenters. The molecule has 16 heavy (non-hydrogen) atoms. The number of aromatic nitrogens is 1. The summed E-state index contributed by atoms with van der Waals surface area (Å²) >= 11 is 3.54. The minimum Gasteiger partial charge on any atom is -0.278 e. The van der Waals surface area contributed by atoms with Gasteiger partial charge in [0.2, 0.25) is 0 Å². The quantitative estimate of drug-likeness (QED) is 0.853. The molecule has 86 valence electrons. The van der Waals surface area contributed by atoms with E-state index in [9.17, 15) is 0 Å². The van der Waals surface area contributed by atoms with Crippen molar-refractivity contribution in [2.24, 2.45) is 0 Å². The minimum absolute atomic E-state index is 0.911. The highest BCUT2D eigenvalue weighted by atomic mass is 32.2. The Balaban J connectivity index is 2.55. The van der Waals surface area contributed by atoms with Crippen LogP contribution in [0.1, 0.15) is 11.1 Å². The van der Waals surface area contributed by atoms with Crippen LogP contribution in [-0.2, 0) is 6.54 Å². The van der Waals surface area contributed by atoms with Crippen molar-refractivity contribution in [3.63, 3.8) is 0 Å². The number of thioether (sulfide) groups is 1. The third-order valence-electron chi connectivity index (χ3n) is 2.87. The largest absolute Gasteiger partial charge is 0.332 e. The van der Waals surface area contributed by atoms with Gasteiger partial charge in [0.15, 0.2) is 0 Å². The van der Waals surface area contributed by atoms with Gasteiger partial charge in [-0.15, -0.1) is 0 Å². The second kappa shape index (κ2) is 4.63. The second-order valence-corrected chi connectivity index (χ2v) is 6.04. The van der Waals surface area contributed by atoms with Crippen molar-refractivity contribution in [3.8, 4) is 0 Å². The maximum atomic E-state index is 6.07. The summed E-state index contributed by atoms with van der Waals surface area (Å²) < 4.78 is 3.52. The highest BCUT2D eigenvalue weighted by molar-refractivity contribution is 7.98. The first-order valence-corrected chi connectivity index (χ1v) is 7.52. The summed E-state index contributed by atoms with van der Waals surface area (Å²) in [7, 11) is 0. The summed E-state index contributed by atoms with van der Waals surface area (Å²) in [5.41, 5.74) is 10.0. The lowest BCUT2D eigenvalue weighted by Crippen LogP contribution is -2.36. The van der Waals surface area contributed by atoms with Crippen LogP contribution < -0.4 is 10.3 Å². The van der Waals surface area contributed by atoms with E-state index in [1.54, 1.807) is 11.3 Å². The van der Waals surface area contributed by atoms with E-state index in [1.807, 2.05) is 11.8 Å². The number of aryl methyl sites for hydroxylation is 3. The number of nitrogens with two attached hydrogens (primary N) is 1. The summed E-state index contributed by atoms with van der Waals surface area (Å²) in [5.74, 6) is 1.10. The number of nitrogen functional groups attached to an aromatic ring is 1. The Kier molecular flexibility index (Phi) is 3.40. The highest BCUT2D eigenvalue weighted by Gasteiger charge is 2.15. The molecule has 0 unspecified atom stereocenters. The second-order valence-electron chi connectivity index (χ2n) is 3.99. The first kappa shape index (κ1) is 11.7. The third kappa shape index (κ3) is 2.04. The van der Waals surface area contributed by atoms with Crippen molar-refractivity contribution in [2.45, 2.75) is 20.4 Å². The lowest BCUT2D eigenvalue weighted by atomic mass is 10.1. The first-order chi connectivity index (χ1) is 7.63. The molecule has 0 amide bonds. The molecular weight excluding hydrogens is 236 g/mol.